The molecule has 0 spiro atoms. The van der Waals surface area contributed by atoms with E-state index < -0.39 is 0 Å². The van der Waals surface area contributed by atoms with E-state index in [2.05, 4.69) is 10.8 Å². The number of carbonyl (C=O) groups excluding carboxylic acids is 2. The summed E-state index contributed by atoms with van der Waals surface area (Å²) in [6, 6.07) is 21.7. The van der Waals surface area contributed by atoms with E-state index in [9.17, 15) is 9.59 Å². The van der Waals surface area contributed by atoms with E-state index in [4.69, 9.17) is 19.0 Å². The normalized spacial score (nSPS) is 15.3. The Hall–Kier alpha value is -3.88. The Morgan fingerprint density at radius 2 is 1.83 bits per heavy atom. The van der Waals surface area contributed by atoms with Crippen molar-refractivity contribution < 1.29 is 28.6 Å². The lowest BCUT2D eigenvalue weighted by molar-refractivity contribution is -0.200. The van der Waals surface area contributed by atoms with Crippen molar-refractivity contribution in [2.75, 3.05) is 26.9 Å². The van der Waals surface area contributed by atoms with Crippen LogP contribution in [0.4, 0.5) is 0 Å². The minimum absolute atomic E-state index is 0.151. The van der Waals surface area contributed by atoms with Crippen LogP contribution in [0.5, 0.6) is 11.5 Å². The first-order valence-corrected chi connectivity index (χ1v) is 14.4. The highest BCUT2D eigenvalue weighted by Crippen LogP contribution is 2.25. The van der Waals surface area contributed by atoms with Crippen molar-refractivity contribution in [1.82, 2.24) is 10.8 Å². The lowest BCUT2D eigenvalue weighted by Gasteiger charge is -2.22. The van der Waals surface area contributed by atoms with Gasteiger partial charge >= 0.3 is 0 Å². The predicted octanol–water partition coefficient (Wildman–Crippen LogP) is 5.65. The Morgan fingerprint density at radius 3 is 2.63 bits per heavy atom. The number of fused-ring (bicyclic) bond motifs is 1. The number of amides is 2. The third-order valence-corrected chi connectivity index (χ3v) is 6.97. The molecular weight excluding hydrogens is 520 g/mol. The highest BCUT2D eigenvalue weighted by atomic mass is 16.8. The Bertz CT molecular complexity index is 1280. The van der Waals surface area contributed by atoms with Crippen LogP contribution in [0.2, 0.25) is 0 Å². The van der Waals surface area contributed by atoms with Crippen molar-refractivity contribution in [3.05, 3.63) is 83.9 Å². The van der Waals surface area contributed by atoms with Crippen LogP contribution in [0, 0.1) is 0 Å². The molecule has 1 heterocycles. The summed E-state index contributed by atoms with van der Waals surface area (Å²) in [4.78, 5) is 30.6. The predicted molar refractivity (Wildman–Crippen MR) is 159 cm³/mol. The molecular formula is C33H40N2O6. The first kappa shape index (κ1) is 30.1. The van der Waals surface area contributed by atoms with Gasteiger partial charge in [0.15, 0.2) is 6.29 Å². The molecule has 0 radical (unpaired) electrons. The summed E-state index contributed by atoms with van der Waals surface area (Å²) < 4.78 is 16.8. The average molecular weight is 561 g/mol. The topological polar surface area (TPSA) is 95.1 Å². The molecule has 1 aliphatic heterocycles. The average Bonchev–Trinajstić information content (AvgIpc) is 3.02. The molecule has 8 heteroatoms. The fraction of sp³-hybridized carbons (Fsp3) is 0.394. The molecule has 0 aliphatic carbocycles. The Labute approximate surface area is 242 Å². The number of nitrogens with one attached hydrogen (secondary N) is 2. The highest BCUT2D eigenvalue weighted by Gasteiger charge is 2.16. The van der Waals surface area contributed by atoms with E-state index in [1.807, 2.05) is 72.8 Å². The fourth-order valence-corrected chi connectivity index (χ4v) is 4.61. The van der Waals surface area contributed by atoms with Crippen molar-refractivity contribution in [3.63, 3.8) is 0 Å². The summed E-state index contributed by atoms with van der Waals surface area (Å²) >= 11 is 0. The third kappa shape index (κ3) is 9.92. The molecule has 8 nitrogen and oxygen atoms in total. The minimum Gasteiger partial charge on any atom is -0.497 e. The van der Waals surface area contributed by atoms with Crippen LogP contribution in [0.25, 0.3) is 10.8 Å². The van der Waals surface area contributed by atoms with Crippen LogP contribution in [-0.4, -0.2) is 45.0 Å². The standard InChI is InChI=1S/C33H40N2O6/c1-38-28-19-17-25(18-20-28)21-22-34-33(37)27(24-40-30-14-9-12-26-10-5-6-13-29(26)30)11-3-2-4-15-31(36)35-41-32-16-7-8-23-39-32/h5-6,9-14,17-20,32H,2-4,7-8,15-16,21-24H2,1H3,(H,34,37)(H,35,36). The maximum absolute atomic E-state index is 13.2. The van der Waals surface area contributed by atoms with Gasteiger partial charge in [0, 0.05) is 31.4 Å². The number of hydrogen-bond acceptors (Lipinski definition) is 6. The van der Waals surface area contributed by atoms with Crippen molar-refractivity contribution in [2.24, 2.45) is 0 Å². The molecule has 4 rings (SSSR count). The number of allylic oxidation sites excluding steroid dienone is 1. The van der Waals surface area contributed by atoms with E-state index in [0.29, 0.717) is 44.4 Å². The minimum atomic E-state index is -0.358. The van der Waals surface area contributed by atoms with Gasteiger partial charge in [-0.05, 0) is 67.7 Å². The first-order chi connectivity index (χ1) is 20.1. The lowest BCUT2D eigenvalue weighted by Crippen LogP contribution is -2.32. The second kappa shape index (κ2) is 16.4. The van der Waals surface area contributed by atoms with Gasteiger partial charge in [-0.3, -0.25) is 9.59 Å². The Kier molecular flexibility index (Phi) is 12.0. The van der Waals surface area contributed by atoms with E-state index in [1.165, 1.54) is 0 Å². The third-order valence-electron chi connectivity index (χ3n) is 6.97. The number of rotatable bonds is 15. The number of unbranched alkanes of at least 4 members (excludes halogenated alkanes) is 2. The highest BCUT2D eigenvalue weighted by molar-refractivity contribution is 5.94. The molecule has 2 N–H and O–H groups in total. The molecule has 1 unspecified atom stereocenters. The van der Waals surface area contributed by atoms with Gasteiger partial charge in [-0.2, -0.15) is 0 Å². The van der Waals surface area contributed by atoms with Crippen LogP contribution in [-0.2, 0) is 25.6 Å². The van der Waals surface area contributed by atoms with Gasteiger partial charge in [0.1, 0.15) is 18.1 Å². The van der Waals surface area contributed by atoms with E-state index in [-0.39, 0.29) is 24.7 Å². The molecule has 0 saturated carbocycles. The lowest BCUT2D eigenvalue weighted by atomic mass is 10.1. The molecule has 0 aromatic heterocycles. The van der Waals surface area contributed by atoms with Crippen molar-refractivity contribution in [2.45, 2.75) is 57.7 Å². The monoisotopic (exact) mass is 560 g/mol. The number of hydrogen-bond donors (Lipinski definition) is 2. The van der Waals surface area contributed by atoms with Gasteiger partial charge in [0.2, 0.25) is 11.8 Å². The smallest absolute Gasteiger partial charge is 0.250 e. The zero-order valence-corrected chi connectivity index (χ0v) is 23.7. The summed E-state index contributed by atoms with van der Waals surface area (Å²) in [5.74, 6) is 1.21. The summed E-state index contributed by atoms with van der Waals surface area (Å²) in [6.07, 6.45) is 7.54. The largest absolute Gasteiger partial charge is 0.497 e. The number of hydroxylamine groups is 1. The van der Waals surface area contributed by atoms with Crippen molar-refractivity contribution in [1.29, 1.82) is 0 Å². The molecule has 1 atom stereocenters. The summed E-state index contributed by atoms with van der Waals surface area (Å²) in [6.45, 7) is 1.31. The van der Waals surface area contributed by atoms with Gasteiger partial charge in [-0.1, -0.05) is 54.6 Å². The molecule has 218 valence electrons. The SMILES string of the molecule is COc1ccc(CCNC(=O)C(=CCCCCC(=O)NOC2CCCCO2)COc2cccc3ccccc23)cc1. The molecule has 3 aromatic carbocycles. The number of ether oxygens (including phenoxy) is 3. The quantitative estimate of drug-likeness (QED) is 0.142. The summed E-state index contributed by atoms with van der Waals surface area (Å²) in [5, 5.41) is 5.11. The fourth-order valence-electron chi connectivity index (χ4n) is 4.61. The first-order valence-electron chi connectivity index (χ1n) is 14.4. The van der Waals surface area contributed by atoms with Gasteiger partial charge in [-0.15, -0.1) is 0 Å². The van der Waals surface area contributed by atoms with Crippen LogP contribution >= 0.6 is 0 Å². The Morgan fingerprint density at radius 1 is 1.00 bits per heavy atom. The molecule has 1 aliphatic rings. The number of carbonyl (C=O) groups is 2. The zero-order valence-electron chi connectivity index (χ0n) is 23.7. The molecule has 41 heavy (non-hydrogen) atoms. The van der Waals surface area contributed by atoms with Crippen molar-refractivity contribution in [3.8, 4) is 11.5 Å². The van der Waals surface area contributed by atoms with Crippen molar-refractivity contribution >= 4 is 22.6 Å². The van der Waals surface area contributed by atoms with E-state index >= 15 is 0 Å². The molecule has 1 fully saturated rings. The molecule has 3 aromatic rings. The van der Waals surface area contributed by atoms with Crippen LogP contribution in [0.15, 0.2) is 78.4 Å². The molecule has 2 amide bonds. The van der Waals surface area contributed by atoms with Crippen LogP contribution in [0.1, 0.15) is 50.5 Å². The maximum Gasteiger partial charge on any atom is 0.250 e. The maximum atomic E-state index is 13.2. The van der Waals surface area contributed by atoms with Crippen LogP contribution < -0.4 is 20.3 Å². The second-order valence-corrected chi connectivity index (χ2v) is 10.0. The summed E-state index contributed by atoms with van der Waals surface area (Å²) in [7, 11) is 1.64. The van der Waals surface area contributed by atoms with Crippen LogP contribution in [0.3, 0.4) is 0 Å². The zero-order chi connectivity index (χ0) is 28.7. The van der Waals surface area contributed by atoms with Gasteiger partial charge in [-0.25, -0.2) is 10.3 Å². The molecule has 0 bridgehead atoms. The van der Waals surface area contributed by atoms with E-state index in [1.54, 1.807) is 7.11 Å². The second-order valence-electron chi connectivity index (χ2n) is 10.0. The van der Waals surface area contributed by atoms with Gasteiger partial charge < -0.3 is 19.5 Å². The summed E-state index contributed by atoms with van der Waals surface area (Å²) in [5.41, 5.74) is 4.17. The number of methoxy groups -OCH3 is 1. The Balaban J connectivity index is 1.28. The number of benzene rings is 3. The van der Waals surface area contributed by atoms with E-state index in [0.717, 1.165) is 53.5 Å². The van der Waals surface area contributed by atoms with Gasteiger partial charge in [0.25, 0.3) is 0 Å². The van der Waals surface area contributed by atoms with Gasteiger partial charge in [0.05, 0.1) is 12.7 Å². The molecule has 1 saturated heterocycles.